The number of aromatic nitrogens is 2. The van der Waals surface area contributed by atoms with Crippen LogP contribution in [0.2, 0.25) is 5.02 Å². The summed E-state index contributed by atoms with van der Waals surface area (Å²) in [4.78, 5) is 0.966. The lowest BCUT2D eigenvalue weighted by Crippen LogP contribution is -2.11. The molecule has 3 nitrogen and oxygen atoms in total. The second-order valence-electron chi connectivity index (χ2n) is 4.40. The van der Waals surface area contributed by atoms with Crippen molar-refractivity contribution in [3.8, 4) is 9.88 Å². The van der Waals surface area contributed by atoms with Crippen LogP contribution in [-0.4, -0.2) is 10.2 Å². The Hall–Kier alpha value is -1.27. The molecule has 2 N–H and O–H groups in total. The van der Waals surface area contributed by atoms with Crippen LogP contribution < -0.4 is 5.73 Å². The Labute approximate surface area is 130 Å². The fraction of sp³-hybridized carbons (Fsp3) is 0.143. The summed E-state index contributed by atoms with van der Waals surface area (Å²) in [6, 6.07) is 9.65. The van der Waals surface area contributed by atoms with Crippen LogP contribution in [0, 0.1) is 6.92 Å². The highest BCUT2D eigenvalue weighted by atomic mass is 35.5. The summed E-state index contributed by atoms with van der Waals surface area (Å²) in [5.41, 5.74) is 8.33. The molecule has 1 atom stereocenters. The first-order valence-electron chi connectivity index (χ1n) is 6.04. The second-order valence-corrected chi connectivity index (χ2v) is 6.66. The van der Waals surface area contributed by atoms with Gasteiger partial charge in [0.25, 0.3) is 0 Å². The molecule has 0 fully saturated rings. The Balaban J connectivity index is 1.93. The fourth-order valence-corrected chi connectivity index (χ4v) is 4.13. The van der Waals surface area contributed by atoms with Gasteiger partial charge in [0.15, 0.2) is 5.01 Å². The first-order chi connectivity index (χ1) is 9.66. The maximum absolute atomic E-state index is 6.27. The molecule has 0 spiro atoms. The van der Waals surface area contributed by atoms with Crippen LogP contribution in [-0.2, 0) is 0 Å². The van der Waals surface area contributed by atoms with E-state index < -0.39 is 0 Å². The Morgan fingerprint density at radius 2 is 1.95 bits per heavy atom. The highest BCUT2D eigenvalue weighted by Crippen LogP contribution is 2.38. The van der Waals surface area contributed by atoms with Gasteiger partial charge in [0.05, 0.1) is 15.9 Å². The van der Waals surface area contributed by atoms with Crippen molar-refractivity contribution in [1.82, 2.24) is 10.2 Å². The maximum Gasteiger partial charge on any atom is 0.159 e. The third-order valence-corrected chi connectivity index (χ3v) is 5.82. The van der Waals surface area contributed by atoms with E-state index in [0.29, 0.717) is 0 Å². The minimum atomic E-state index is -0.248. The fourth-order valence-electron chi connectivity index (χ4n) is 1.83. The summed E-state index contributed by atoms with van der Waals surface area (Å²) in [7, 11) is 0. The van der Waals surface area contributed by atoms with Crippen molar-refractivity contribution in [2.24, 2.45) is 5.73 Å². The van der Waals surface area contributed by atoms with Gasteiger partial charge in [-0.3, -0.25) is 0 Å². The summed E-state index contributed by atoms with van der Waals surface area (Å²) in [5, 5.41) is 12.8. The minimum absolute atomic E-state index is 0.248. The average molecular weight is 322 g/mol. The van der Waals surface area contributed by atoms with Gasteiger partial charge in [-0.25, -0.2) is 0 Å². The van der Waals surface area contributed by atoms with Crippen molar-refractivity contribution in [3.05, 3.63) is 56.9 Å². The Bertz CT molecular complexity index is 721. The van der Waals surface area contributed by atoms with Gasteiger partial charge in [0.2, 0.25) is 0 Å². The molecule has 0 radical (unpaired) electrons. The normalized spacial score (nSPS) is 12.6. The number of hydrogen-bond acceptors (Lipinski definition) is 5. The second kappa shape index (κ2) is 5.61. The average Bonchev–Trinajstić information content (AvgIpc) is 3.08. The quantitative estimate of drug-likeness (QED) is 0.783. The molecule has 6 heteroatoms. The van der Waals surface area contributed by atoms with Gasteiger partial charge in [0.1, 0.15) is 5.01 Å². The van der Waals surface area contributed by atoms with Crippen molar-refractivity contribution in [1.29, 1.82) is 0 Å². The first-order valence-corrected chi connectivity index (χ1v) is 8.12. The zero-order chi connectivity index (χ0) is 14.1. The molecule has 0 aliphatic heterocycles. The van der Waals surface area contributed by atoms with E-state index in [4.69, 9.17) is 17.3 Å². The van der Waals surface area contributed by atoms with Gasteiger partial charge in [0, 0.05) is 0 Å². The molecule has 20 heavy (non-hydrogen) atoms. The zero-order valence-electron chi connectivity index (χ0n) is 10.7. The van der Waals surface area contributed by atoms with Gasteiger partial charge in [-0.15, -0.1) is 21.5 Å². The number of nitrogens with two attached hydrogens (primary N) is 1. The summed E-state index contributed by atoms with van der Waals surface area (Å²) in [6.07, 6.45) is 0. The van der Waals surface area contributed by atoms with E-state index in [-0.39, 0.29) is 6.04 Å². The molecule has 2 heterocycles. The van der Waals surface area contributed by atoms with Crippen molar-refractivity contribution < 1.29 is 0 Å². The molecule has 1 aromatic carbocycles. The van der Waals surface area contributed by atoms with Gasteiger partial charge < -0.3 is 5.73 Å². The van der Waals surface area contributed by atoms with Crippen molar-refractivity contribution in [2.45, 2.75) is 13.0 Å². The molecule has 0 bridgehead atoms. The number of thiophene rings is 1. The topological polar surface area (TPSA) is 51.8 Å². The van der Waals surface area contributed by atoms with Crippen LogP contribution in [0.3, 0.4) is 0 Å². The van der Waals surface area contributed by atoms with Crippen molar-refractivity contribution in [2.75, 3.05) is 0 Å². The molecule has 102 valence electrons. The Morgan fingerprint density at radius 1 is 1.20 bits per heavy atom. The number of halogens is 1. The van der Waals surface area contributed by atoms with Gasteiger partial charge in [-0.1, -0.05) is 53.3 Å². The SMILES string of the molecule is Cc1csc(-c2nnc(C(N)c3ccccc3)s2)c1Cl. The molecule has 0 amide bonds. The van der Waals surface area contributed by atoms with Crippen LogP contribution in [0.15, 0.2) is 35.7 Å². The lowest BCUT2D eigenvalue weighted by Gasteiger charge is -2.06. The summed E-state index contributed by atoms with van der Waals surface area (Å²) < 4.78 is 0. The highest BCUT2D eigenvalue weighted by Gasteiger charge is 2.18. The van der Waals surface area contributed by atoms with Crippen LogP contribution in [0.25, 0.3) is 9.88 Å². The summed E-state index contributed by atoms with van der Waals surface area (Å²) in [6.45, 7) is 1.99. The molecule has 0 aliphatic rings. The molecule has 0 saturated carbocycles. The number of aryl methyl sites for hydroxylation is 1. The van der Waals surface area contributed by atoms with Crippen molar-refractivity contribution in [3.63, 3.8) is 0 Å². The third kappa shape index (κ3) is 2.50. The van der Waals surface area contributed by atoms with Crippen LogP contribution in [0.4, 0.5) is 0 Å². The Kier molecular flexibility index (Phi) is 3.85. The van der Waals surface area contributed by atoms with E-state index in [0.717, 1.165) is 31.0 Å². The van der Waals surface area contributed by atoms with Crippen molar-refractivity contribution >= 4 is 34.3 Å². The minimum Gasteiger partial charge on any atom is -0.318 e. The van der Waals surface area contributed by atoms with Gasteiger partial charge in [-0.05, 0) is 23.4 Å². The number of hydrogen-bond donors (Lipinski definition) is 1. The number of nitrogens with zero attached hydrogens (tertiary/aromatic N) is 2. The summed E-state index contributed by atoms with van der Waals surface area (Å²) >= 11 is 9.35. The van der Waals surface area contributed by atoms with Crippen LogP contribution in [0.1, 0.15) is 22.2 Å². The number of rotatable bonds is 3. The molecule has 2 aromatic heterocycles. The smallest absolute Gasteiger partial charge is 0.159 e. The molecular weight excluding hydrogens is 310 g/mol. The van der Waals surface area contributed by atoms with E-state index in [1.54, 1.807) is 11.3 Å². The third-order valence-electron chi connectivity index (χ3n) is 2.96. The lowest BCUT2D eigenvalue weighted by molar-refractivity contribution is 0.831. The van der Waals surface area contributed by atoms with Gasteiger partial charge >= 0.3 is 0 Å². The standard InChI is InChI=1S/C14H12ClN3S2/c1-8-7-19-12(10(8)15)14-18-17-13(20-14)11(16)9-5-3-2-4-6-9/h2-7,11H,16H2,1H3. The predicted octanol–water partition coefficient (Wildman–Crippen LogP) is 4.28. The molecule has 1 unspecified atom stereocenters. The van der Waals surface area contributed by atoms with Gasteiger partial charge in [-0.2, -0.15) is 0 Å². The van der Waals surface area contributed by atoms with E-state index >= 15 is 0 Å². The van der Waals surface area contributed by atoms with E-state index in [9.17, 15) is 0 Å². The number of benzene rings is 1. The van der Waals surface area contributed by atoms with E-state index in [2.05, 4.69) is 10.2 Å². The molecular formula is C14H12ClN3S2. The summed E-state index contributed by atoms with van der Waals surface area (Å²) in [5.74, 6) is 0. The van der Waals surface area contributed by atoms with Crippen LogP contribution >= 0.6 is 34.3 Å². The molecule has 0 saturated heterocycles. The monoisotopic (exact) mass is 321 g/mol. The van der Waals surface area contributed by atoms with E-state index in [1.165, 1.54) is 11.3 Å². The molecule has 3 aromatic rings. The first kappa shape index (κ1) is 13.7. The molecule has 0 aliphatic carbocycles. The predicted molar refractivity (Wildman–Crippen MR) is 85.4 cm³/mol. The van der Waals surface area contributed by atoms with E-state index in [1.807, 2.05) is 42.6 Å². The lowest BCUT2D eigenvalue weighted by atomic mass is 10.1. The molecule has 3 rings (SSSR count). The largest absolute Gasteiger partial charge is 0.318 e. The maximum atomic E-state index is 6.27. The highest BCUT2D eigenvalue weighted by molar-refractivity contribution is 7.21. The van der Waals surface area contributed by atoms with Crippen LogP contribution in [0.5, 0.6) is 0 Å². The zero-order valence-corrected chi connectivity index (χ0v) is 13.1. The Morgan fingerprint density at radius 3 is 2.60 bits per heavy atom.